The molecule has 2 aromatic carbocycles. The normalized spacial score (nSPS) is 21.7. The van der Waals surface area contributed by atoms with Crippen LogP contribution in [0.15, 0.2) is 47.4 Å². The number of ether oxygens (including phenoxy) is 2. The molecule has 9 heteroatoms. The van der Waals surface area contributed by atoms with E-state index in [1.54, 1.807) is 14.2 Å². The fourth-order valence-electron chi connectivity index (χ4n) is 4.80. The minimum Gasteiger partial charge on any atom is -0.497 e. The number of carbonyl (C=O) groups is 1. The van der Waals surface area contributed by atoms with Crippen molar-refractivity contribution in [3.05, 3.63) is 53.8 Å². The Balaban J connectivity index is 1.53. The molecule has 2 heterocycles. The van der Waals surface area contributed by atoms with Crippen molar-refractivity contribution in [2.45, 2.75) is 36.6 Å². The van der Waals surface area contributed by atoms with Gasteiger partial charge in [0.05, 0.1) is 31.1 Å². The van der Waals surface area contributed by atoms with Gasteiger partial charge in [-0.15, -0.1) is 0 Å². The van der Waals surface area contributed by atoms with Crippen LogP contribution in [0.5, 0.6) is 11.5 Å². The van der Waals surface area contributed by atoms with E-state index in [0.29, 0.717) is 37.4 Å². The van der Waals surface area contributed by atoms with Gasteiger partial charge in [0.25, 0.3) is 0 Å². The fraction of sp³-hybridized carbons (Fsp3) is 0.458. The first-order chi connectivity index (χ1) is 15.8. The first-order valence-electron chi connectivity index (χ1n) is 11.1. The van der Waals surface area contributed by atoms with Crippen molar-refractivity contribution in [1.29, 1.82) is 0 Å². The van der Waals surface area contributed by atoms with Crippen LogP contribution in [0.25, 0.3) is 0 Å². The number of sulfonamides is 1. The molecule has 178 valence electrons. The molecule has 0 bridgehead atoms. The third-order valence-corrected chi connectivity index (χ3v) is 8.40. The number of likely N-dealkylation sites (tertiary alicyclic amines) is 1. The number of amides is 1. The summed E-state index contributed by atoms with van der Waals surface area (Å²) in [4.78, 5) is 15.5. The molecular formula is C24H29FN2O5S. The van der Waals surface area contributed by atoms with Gasteiger partial charge < -0.3 is 14.4 Å². The van der Waals surface area contributed by atoms with E-state index in [1.807, 2.05) is 23.1 Å². The summed E-state index contributed by atoms with van der Waals surface area (Å²) >= 11 is 0. The average molecular weight is 477 g/mol. The summed E-state index contributed by atoms with van der Waals surface area (Å²) in [6.07, 6.45) is 2.92. The van der Waals surface area contributed by atoms with E-state index in [1.165, 1.54) is 16.4 Å². The van der Waals surface area contributed by atoms with Gasteiger partial charge >= 0.3 is 0 Å². The zero-order valence-electron chi connectivity index (χ0n) is 18.9. The number of hydrogen-bond donors (Lipinski definition) is 0. The Labute approximate surface area is 194 Å². The molecular weight excluding hydrogens is 447 g/mol. The molecule has 0 N–H and O–H groups in total. The summed E-state index contributed by atoms with van der Waals surface area (Å²) in [7, 11) is -0.603. The van der Waals surface area contributed by atoms with Crippen molar-refractivity contribution in [3.63, 3.8) is 0 Å². The summed E-state index contributed by atoms with van der Waals surface area (Å²) in [6.45, 7) is 1.10. The largest absolute Gasteiger partial charge is 0.497 e. The minimum atomic E-state index is -3.79. The molecule has 2 atom stereocenters. The van der Waals surface area contributed by atoms with Gasteiger partial charge in [-0.3, -0.25) is 4.79 Å². The molecule has 2 aliphatic heterocycles. The molecule has 0 aromatic heterocycles. The number of carbonyl (C=O) groups excluding carboxylic acids is 1. The van der Waals surface area contributed by atoms with Crippen LogP contribution >= 0.6 is 0 Å². The number of piperidine rings is 1. The molecule has 0 aliphatic carbocycles. The summed E-state index contributed by atoms with van der Waals surface area (Å²) in [5.41, 5.74) is 0.927. The minimum absolute atomic E-state index is 0.0330. The number of rotatable bonds is 6. The van der Waals surface area contributed by atoms with Crippen LogP contribution in [0.2, 0.25) is 0 Å². The van der Waals surface area contributed by atoms with Crippen LogP contribution in [-0.4, -0.2) is 57.4 Å². The van der Waals surface area contributed by atoms with Crippen molar-refractivity contribution >= 4 is 15.9 Å². The van der Waals surface area contributed by atoms with Crippen LogP contribution in [0.1, 0.15) is 37.3 Å². The second-order valence-electron chi connectivity index (χ2n) is 8.45. The van der Waals surface area contributed by atoms with Gasteiger partial charge in [-0.25, -0.2) is 12.8 Å². The van der Waals surface area contributed by atoms with Crippen molar-refractivity contribution in [2.75, 3.05) is 33.9 Å². The molecule has 33 heavy (non-hydrogen) atoms. The maximum atomic E-state index is 13.5. The fourth-order valence-corrected chi connectivity index (χ4v) is 6.32. The molecule has 1 amide bonds. The Morgan fingerprint density at radius 3 is 2.42 bits per heavy atom. The number of methoxy groups -OCH3 is 2. The SMILES string of the molecule is COc1ccc([C@@H]2CCCN2C(=O)[C@H]2CCCN(S(=O)(=O)c3ccc(F)cc3)C2)c(OC)c1. The Morgan fingerprint density at radius 1 is 1.00 bits per heavy atom. The van der Waals surface area contributed by atoms with E-state index in [0.717, 1.165) is 30.5 Å². The Hall–Kier alpha value is -2.65. The lowest BCUT2D eigenvalue weighted by atomic mass is 9.96. The predicted octanol–water partition coefficient (Wildman–Crippen LogP) is 3.61. The highest BCUT2D eigenvalue weighted by Gasteiger charge is 2.39. The van der Waals surface area contributed by atoms with Gasteiger partial charge in [0.2, 0.25) is 15.9 Å². The maximum absolute atomic E-state index is 13.5. The quantitative estimate of drug-likeness (QED) is 0.637. The van der Waals surface area contributed by atoms with Crippen LogP contribution in [0, 0.1) is 11.7 Å². The van der Waals surface area contributed by atoms with Gasteiger partial charge in [0, 0.05) is 31.3 Å². The van der Waals surface area contributed by atoms with Gasteiger partial charge in [0.15, 0.2) is 0 Å². The predicted molar refractivity (Wildman–Crippen MR) is 121 cm³/mol. The van der Waals surface area contributed by atoms with Gasteiger partial charge in [-0.2, -0.15) is 4.31 Å². The summed E-state index contributed by atoms with van der Waals surface area (Å²) < 4.78 is 51.6. The number of hydrogen-bond acceptors (Lipinski definition) is 5. The van der Waals surface area contributed by atoms with Crippen LogP contribution in [-0.2, 0) is 14.8 Å². The first kappa shape index (κ1) is 23.5. The monoisotopic (exact) mass is 476 g/mol. The van der Waals surface area contributed by atoms with E-state index < -0.39 is 21.8 Å². The second kappa shape index (κ2) is 9.69. The molecule has 2 aromatic rings. The number of nitrogens with zero attached hydrogens (tertiary/aromatic N) is 2. The Bertz CT molecular complexity index is 1110. The zero-order valence-corrected chi connectivity index (χ0v) is 19.7. The number of halogens is 1. The standard InChI is InChI=1S/C24H29FN2O5S/c1-31-19-9-12-21(23(15-19)32-2)22-6-4-14-27(22)24(28)17-5-3-13-26(16-17)33(29,30)20-10-7-18(25)8-11-20/h7-12,15,17,22H,3-6,13-14,16H2,1-2H3/t17-,22-/m0/s1. The molecule has 2 saturated heterocycles. The summed E-state index contributed by atoms with van der Waals surface area (Å²) in [5, 5.41) is 0. The summed E-state index contributed by atoms with van der Waals surface area (Å²) in [5.74, 6) is 0.409. The molecule has 7 nitrogen and oxygen atoms in total. The van der Waals surface area contributed by atoms with E-state index >= 15 is 0 Å². The Kier molecular flexibility index (Phi) is 6.90. The van der Waals surface area contributed by atoms with Crippen molar-refractivity contribution in [3.8, 4) is 11.5 Å². The second-order valence-corrected chi connectivity index (χ2v) is 10.4. The molecule has 4 rings (SSSR count). The van der Waals surface area contributed by atoms with Gasteiger partial charge in [-0.05, 0) is 62.1 Å². The average Bonchev–Trinajstić information content (AvgIpc) is 3.33. The maximum Gasteiger partial charge on any atom is 0.243 e. The number of benzene rings is 2. The smallest absolute Gasteiger partial charge is 0.243 e. The van der Waals surface area contributed by atoms with E-state index in [2.05, 4.69) is 0 Å². The molecule has 2 fully saturated rings. The van der Waals surface area contributed by atoms with E-state index in [-0.39, 0.29) is 23.4 Å². The lowest BCUT2D eigenvalue weighted by molar-refractivity contribution is -0.137. The molecule has 0 spiro atoms. The first-order valence-corrected chi connectivity index (χ1v) is 12.6. The van der Waals surface area contributed by atoms with E-state index in [4.69, 9.17) is 9.47 Å². The highest BCUT2D eigenvalue weighted by atomic mass is 32.2. The third-order valence-electron chi connectivity index (χ3n) is 6.52. The third kappa shape index (κ3) is 4.70. The summed E-state index contributed by atoms with van der Waals surface area (Å²) in [6, 6.07) is 10.3. The molecule has 0 saturated carbocycles. The highest BCUT2D eigenvalue weighted by molar-refractivity contribution is 7.89. The lowest BCUT2D eigenvalue weighted by Gasteiger charge is -2.35. The van der Waals surface area contributed by atoms with Crippen LogP contribution < -0.4 is 9.47 Å². The molecule has 0 radical (unpaired) electrons. The molecule has 0 unspecified atom stereocenters. The van der Waals surface area contributed by atoms with Gasteiger partial charge in [-0.1, -0.05) is 0 Å². The van der Waals surface area contributed by atoms with Crippen LogP contribution in [0.4, 0.5) is 4.39 Å². The highest BCUT2D eigenvalue weighted by Crippen LogP contribution is 2.40. The van der Waals surface area contributed by atoms with Crippen molar-refractivity contribution in [2.24, 2.45) is 5.92 Å². The lowest BCUT2D eigenvalue weighted by Crippen LogP contribution is -2.46. The topological polar surface area (TPSA) is 76.2 Å². The van der Waals surface area contributed by atoms with Crippen LogP contribution in [0.3, 0.4) is 0 Å². The molecule has 2 aliphatic rings. The van der Waals surface area contributed by atoms with Crippen molar-refractivity contribution in [1.82, 2.24) is 9.21 Å². The Morgan fingerprint density at radius 2 is 1.73 bits per heavy atom. The van der Waals surface area contributed by atoms with E-state index in [9.17, 15) is 17.6 Å². The van der Waals surface area contributed by atoms with Crippen molar-refractivity contribution < 1.29 is 27.1 Å². The van der Waals surface area contributed by atoms with Gasteiger partial charge in [0.1, 0.15) is 17.3 Å². The zero-order chi connectivity index (χ0) is 23.6.